The average molecular weight is 671 g/mol. The van der Waals surface area contributed by atoms with Crippen molar-refractivity contribution < 1.29 is 0 Å². The molecule has 8 heteroatoms. The van der Waals surface area contributed by atoms with E-state index in [0.717, 1.165) is 19.5 Å². The highest BCUT2D eigenvalue weighted by atomic mass is 32.1. The number of nitrogens with zero attached hydrogens (tertiary/aromatic N) is 2. The lowest BCUT2D eigenvalue weighted by Gasteiger charge is -2.01. The maximum Gasteiger partial charge on any atom is 0.205 e. The van der Waals surface area contributed by atoms with Gasteiger partial charge in [0.25, 0.3) is 0 Å². The molecule has 208 valence electrons. The Kier molecular flexibility index (Phi) is 7.12. The van der Waals surface area contributed by atoms with Gasteiger partial charge < -0.3 is 0 Å². The zero-order chi connectivity index (χ0) is 29.6. The zero-order valence-electron chi connectivity index (χ0n) is 22.7. The molecule has 0 radical (unpaired) electrons. The summed E-state index contributed by atoms with van der Waals surface area (Å²) in [5, 5.41) is 18.8. The van der Waals surface area contributed by atoms with Crippen molar-refractivity contribution in [1.82, 2.24) is 0 Å². The molecule has 0 saturated carbocycles. The maximum absolute atomic E-state index is 9.68. The fourth-order valence-corrected chi connectivity index (χ4v) is 10.9. The number of nitriles is 1. The summed E-state index contributed by atoms with van der Waals surface area (Å²) < 4.78 is 2.56. The highest BCUT2D eigenvalue weighted by Gasteiger charge is 2.14. The molecule has 8 aromatic rings. The summed E-state index contributed by atoms with van der Waals surface area (Å²) in [5.41, 5.74) is 1.40. The molecule has 6 aromatic heterocycles. The molecule has 0 unspecified atom stereocenters. The lowest BCUT2D eigenvalue weighted by atomic mass is 10.0. The first kappa shape index (κ1) is 27.4. The Hall–Kier alpha value is -4.12. The Morgan fingerprint density at radius 2 is 1.18 bits per heavy atom. The number of hydrogen-bond acceptors (Lipinski definition) is 7. The lowest BCUT2D eigenvalue weighted by molar-refractivity contribution is 1.54. The SMILES string of the molecule is [C-]#[N+]/C(=C\c1ccc(-c2cc3c(ccc4c5cc(-c6ccc(/C=C(\C#N)c7cccs7)s6)sc5ccc34)s2)s1)c1cccs1. The Morgan fingerprint density at radius 1 is 0.614 bits per heavy atom. The highest BCUT2D eigenvalue weighted by Crippen LogP contribution is 2.45. The van der Waals surface area contributed by atoms with Gasteiger partial charge in [-0.05, 0) is 88.3 Å². The van der Waals surface area contributed by atoms with Crippen molar-refractivity contribution in [2.24, 2.45) is 0 Å². The van der Waals surface area contributed by atoms with E-state index in [-0.39, 0.29) is 0 Å². The molecule has 0 aliphatic heterocycles. The van der Waals surface area contributed by atoms with Crippen molar-refractivity contribution in [2.75, 3.05) is 0 Å². The topological polar surface area (TPSA) is 28.1 Å². The first-order valence-corrected chi connectivity index (χ1v) is 18.6. The molecular formula is C36H18N2S6. The van der Waals surface area contributed by atoms with Crippen LogP contribution in [0.2, 0.25) is 0 Å². The van der Waals surface area contributed by atoms with E-state index in [1.807, 2.05) is 69.9 Å². The van der Waals surface area contributed by atoms with Crippen LogP contribution < -0.4 is 0 Å². The van der Waals surface area contributed by atoms with Crippen LogP contribution in [0.5, 0.6) is 0 Å². The summed E-state index contributed by atoms with van der Waals surface area (Å²) in [6.07, 6.45) is 3.99. The third-order valence-corrected chi connectivity index (χ3v) is 13.8. The van der Waals surface area contributed by atoms with Crippen LogP contribution in [0.1, 0.15) is 19.5 Å². The van der Waals surface area contributed by atoms with E-state index in [1.165, 1.54) is 50.5 Å². The molecule has 8 rings (SSSR count). The van der Waals surface area contributed by atoms with Gasteiger partial charge in [-0.3, -0.25) is 0 Å². The first-order valence-electron chi connectivity index (χ1n) is 13.5. The molecule has 0 N–H and O–H groups in total. The molecule has 0 aliphatic rings. The van der Waals surface area contributed by atoms with E-state index < -0.39 is 0 Å². The Bertz CT molecular complexity index is 2290. The molecule has 0 amide bonds. The number of allylic oxidation sites excluding steroid dienone is 1. The predicted octanol–water partition coefficient (Wildman–Crippen LogP) is 13.3. The smallest absolute Gasteiger partial charge is 0.205 e. The number of fused-ring (bicyclic) bond motifs is 5. The standard InChI is InChI=1S/C36H18N2S6/c1-38-28(32-5-3-15-40-32)17-23-7-11-34(42-23)36-19-27-25-8-12-30-26(24(25)9-13-31(27)44-36)18-35(43-30)33-10-6-22(41-33)16-21(20-37)29-4-2-14-39-29/h2-19H/b21-16+,28-17-. The molecular weight excluding hydrogens is 653 g/mol. The highest BCUT2D eigenvalue weighted by molar-refractivity contribution is 7.27. The predicted molar refractivity (Wildman–Crippen MR) is 198 cm³/mol. The van der Waals surface area contributed by atoms with Crippen molar-refractivity contribution in [3.05, 3.63) is 127 Å². The van der Waals surface area contributed by atoms with E-state index in [1.54, 1.807) is 45.3 Å². The molecule has 0 aliphatic carbocycles. The second-order valence-electron chi connectivity index (χ2n) is 9.94. The second kappa shape index (κ2) is 11.4. The molecule has 0 fully saturated rings. The number of rotatable bonds is 6. The molecule has 0 atom stereocenters. The van der Waals surface area contributed by atoms with Gasteiger partial charge in [-0.1, -0.05) is 30.3 Å². The van der Waals surface area contributed by atoms with E-state index in [2.05, 4.69) is 71.6 Å². The number of benzene rings is 2. The van der Waals surface area contributed by atoms with Crippen LogP contribution >= 0.6 is 68.0 Å². The molecule has 2 aromatic carbocycles. The molecule has 0 spiro atoms. The van der Waals surface area contributed by atoms with Gasteiger partial charge in [0, 0.05) is 59.2 Å². The van der Waals surface area contributed by atoms with Crippen LogP contribution in [0.3, 0.4) is 0 Å². The van der Waals surface area contributed by atoms with Crippen molar-refractivity contribution in [3.63, 3.8) is 0 Å². The van der Waals surface area contributed by atoms with Crippen molar-refractivity contribution in [3.8, 4) is 25.6 Å². The first-order chi connectivity index (χ1) is 21.7. The van der Waals surface area contributed by atoms with Gasteiger partial charge in [0.05, 0.1) is 12.1 Å². The molecule has 6 heterocycles. The Balaban J connectivity index is 1.14. The van der Waals surface area contributed by atoms with Crippen LogP contribution in [-0.4, -0.2) is 0 Å². The van der Waals surface area contributed by atoms with Crippen LogP contribution in [0, 0.1) is 17.9 Å². The number of thiophene rings is 6. The van der Waals surface area contributed by atoms with Gasteiger partial charge in [-0.2, -0.15) is 16.6 Å². The zero-order valence-corrected chi connectivity index (χ0v) is 27.6. The van der Waals surface area contributed by atoms with Gasteiger partial charge in [-0.25, -0.2) is 4.85 Å². The van der Waals surface area contributed by atoms with Crippen LogP contribution in [0.15, 0.2) is 95.7 Å². The molecule has 44 heavy (non-hydrogen) atoms. The van der Waals surface area contributed by atoms with E-state index in [4.69, 9.17) is 6.57 Å². The van der Waals surface area contributed by atoms with Gasteiger partial charge in [0.15, 0.2) is 0 Å². The Morgan fingerprint density at radius 3 is 1.70 bits per heavy atom. The third kappa shape index (κ3) is 4.96. The van der Waals surface area contributed by atoms with E-state index in [0.29, 0.717) is 11.3 Å². The summed E-state index contributed by atoms with van der Waals surface area (Å²) >= 11 is 10.3. The summed E-state index contributed by atoms with van der Waals surface area (Å²) in [7, 11) is 0. The molecule has 0 bridgehead atoms. The van der Waals surface area contributed by atoms with Crippen LogP contribution in [-0.2, 0) is 0 Å². The monoisotopic (exact) mass is 670 g/mol. The van der Waals surface area contributed by atoms with E-state index >= 15 is 0 Å². The summed E-state index contributed by atoms with van der Waals surface area (Å²) in [4.78, 5) is 12.9. The van der Waals surface area contributed by atoms with E-state index in [9.17, 15) is 5.26 Å². The van der Waals surface area contributed by atoms with Gasteiger partial charge in [0.1, 0.15) is 6.07 Å². The van der Waals surface area contributed by atoms with Crippen molar-refractivity contribution in [2.45, 2.75) is 0 Å². The van der Waals surface area contributed by atoms with Crippen molar-refractivity contribution >= 4 is 122 Å². The third-order valence-electron chi connectivity index (χ3n) is 7.30. The Labute approximate surface area is 277 Å². The largest absolute Gasteiger partial charge is 0.237 e. The minimum absolute atomic E-state index is 0.690. The average Bonchev–Trinajstić information content (AvgIpc) is 3.89. The van der Waals surface area contributed by atoms with Crippen LogP contribution in [0.4, 0.5) is 0 Å². The minimum Gasteiger partial charge on any atom is -0.237 e. The number of hydrogen-bond donors (Lipinski definition) is 0. The summed E-state index contributed by atoms with van der Waals surface area (Å²) in [6.45, 7) is 7.63. The second-order valence-corrected chi connectivity index (χ2v) is 16.2. The van der Waals surface area contributed by atoms with Gasteiger partial charge in [0.2, 0.25) is 5.70 Å². The van der Waals surface area contributed by atoms with Gasteiger partial charge >= 0.3 is 0 Å². The normalized spacial score (nSPS) is 12.3. The van der Waals surface area contributed by atoms with Crippen LogP contribution in [0.25, 0.3) is 78.7 Å². The van der Waals surface area contributed by atoms with Crippen molar-refractivity contribution in [1.29, 1.82) is 5.26 Å². The minimum atomic E-state index is 0.690. The molecule has 0 saturated heterocycles. The summed E-state index contributed by atoms with van der Waals surface area (Å²) in [6, 6.07) is 32.6. The maximum atomic E-state index is 9.68. The fraction of sp³-hybridized carbons (Fsp3) is 0. The quantitative estimate of drug-likeness (QED) is 0.128. The fourth-order valence-electron chi connectivity index (χ4n) is 5.26. The lowest BCUT2D eigenvalue weighted by Crippen LogP contribution is -1.74. The van der Waals surface area contributed by atoms with Gasteiger partial charge in [-0.15, -0.1) is 56.7 Å². The molecule has 2 nitrogen and oxygen atoms in total. The summed E-state index contributed by atoms with van der Waals surface area (Å²) in [5.74, 6) is 0.